The van der Waals surface area contributed by atoms with Crippen molar-refractivity contribution in [3.05, 3.63) is 36.0 Å². The van der Waals surface area contributed by atoms with E-state index in [4.69, 9.17) is 5.73 Å². The van der Waals surface area contributed by atoms with Crippen LogP contribution < -0.4 is 10.6 Å². The molecule has 0 aliphatic carbocycles. The van der Waals surface area contributed by atoms with Gasteiger partial charge in [-0.2, -0.15) is 0 Å². The van der Waals surface area contributed by atoms with Crippen molar-refractivity contribution >= 4 is 5.82 Å². The molecule has 0 aliphatic rings. The standard InChI is InChI=1S/C13H21N3/c1-4-6-12-8-11(10-14)9-13(15-12)16(3)7-5-2/h5,8-9H,2,4,6-7,10,14H2,1,3H3. The number of hydrogen-bond acceptors (Lipinski definition) is 3. The fourth-order valence-electron chi connectivity index (χ4n) is 1.62. The Labute approximate surface area is 98.0 Å². The van der Waals surface area contributed by atoms with E-state index in [1.165, 1.54) is 0 Å². The Hall–Kier alpha value is -1.35. The van der Waals surface area contributed by atoms with Crippen LogP contribution >= 0.6 is 0 Å². The molecular formula is C13H21N3. The molecule has 0 atom stereocenters. The van der Waals surface area contributed by atoms with Gasteiger partial charge in [-0.05, 0) is 24.1 Å². The number of aryl methyl sites for hydroxylation is 1. The molecule has 0 amide bonds. The summed E-state index contributed by atoms with van der Waals surface area (Å²) in [6.07, 6.45) is 3.98. The Bertz CT molecular complexity index is 347. The first-order chi connectivity index (χ1) is 7.71. The lowest BCUT2D eigenvalue weighted by Crippen LogP contribution is -2.19. The Kier molecular flexibility index (Phi) is 4.99. The number of aromatic nitrogens is 1. The smallest absolute Gasteiger partial charge is 0.129 e. The Morgan fingerprint density at radius 2 is 2.25 bits per heavy atom. The molecule has 2 N–H and O–H groups in total. The molecule has 3 nitrogen and oxygen atoms in total. The molecule has 88 valence electrons. The second kappa shape index (κ2) is 6.28. The van der Waals surface area contributed by atoms with Gasteiger partial charge in [-0.3, -0.25) is 0 Å². The van der Waals surface area contributed by atoms with Crippen LogP contribution in [0.1, 0.15) is 24.6 Å². The molecule has 0 spiro atoms. The molecule has 16 heavy (non-hydrogen) atoms. The van der Waals surface area contributed by atoms with Crippen LogP contribution in [-0.4, -0.2) is 18.6 Å². The lowest BCUT2D eigenvalue weighted by molar-refractivity contribution is 0.861. The Morgan fingerprint density at radius 1 is 1.50 bits per heavy atom. The number of nitrogens with two attached hydrogens (primary N) is 1. The van der Waals surface area contributed by atoms with E-state index in [2.05, 4.69) is 29.5 Å². The van der Waals surface area contributed by atoms with Gasteiger partial charge in [0, 0.05) is 25.8 Å². The number of rotatable bonds is 6. The first kappa shape index (κ1) is 12.7. The number of anilines is 1. The summed E-state index contributed by atoms with van der Waals surface area (Å²) in [6.45, 7) is 7.25. The van der Waals surface area contributed by atoms with Crippen LogP contribution in [0.5, 0.6) is 0 Å². The summed E-state index contributed by atoms with van der Waals surface area (Å²) in [5, 5.41) is 0. The SMILES string of the molecule is C=CCN(C)c1cc(CN)cc(CCC)n1. The van der Waals surface area contributed by atoms with Gasteiger partial charge >= 0.3 is 0 Å². The highest BCUT2D eigenvalue weighted by Crippen LogP contribution is 2.14. The highest BCUT2D eigenvalue weighted by molar-refractivity contribution is 5.42. The van der Waals surface area contributed by atoms with Gasteiger partial charge in [-0.1, -0.05) is 19.4 Å². The predicted molar refractivity (Wildman–Crippen MR) is 69.6 cm³/mol. The van der Waals surface area contributed by atoms with Crippen molar-refractivity contribution in [2.24, 2.45) is 5.73 Å². The van der Waals surface area contributed by atoms with Crippen LogP contribution in [0.4, 0.5) is 5.82 Å². The number of likely N-dealkylation sites (N-methyl/N-ethyl adjacent to an activating group) is 1. The Morgan fingerprint density at radius 3 is 2.81 bits per heavy atom. The van der Waals surface area contributed by atoms with Crippen molar-refractivity contribution in [2.45, 2.75) is 26.3 Å². The molecule has 3 heteroatoms. The van der Waals surface area contributed by atoms with E-state index >= 15 is 0 Å². The van der Waals surface area contributed by atoms with Crippen LogP contribution in [0.2, 0.25) is 0 Å². The summed E-state index contributed by atoms with van der Waals surface area (Å²) in [5.41, 5.74) is 7.96. The van der Waals surface area contributed by atoms with Crippen molar-refractivity contribution < 1.29 is 0 Å². The van der Waals surface area contributed by atoms with Gasteiger partial charge in [0.1, 0.15) is 5.82 Å². The molecule has 0 radical (unpaired) electrons. The first-order valence-corrected chi connectivity index (χ1v) is 5.73. The van der Waals surface area contributed by atoms with Crippen LogP contribution in [0.15, 0.2) is 24.8 Å². The van der Waals surface area contributed by atoms with Gasteiger partial charge in [-0.15, -0.1) is 6.58 Å². The predicted octanol–water partition coefficient (Wildman–Crippen LogP) is 2.12. The highest BCUT2D eigenvalue weighted by atomic mass is 15.2. The summed E-state index contributed by atoms with van der Waals surface area (Å²) in [7, 11) is 2.01. The number of pyridine rings is 1. The molecule has 1 aromatic heterocycles. The summed E-state index contributed by atoms with van der Waals surface area (Å²) in [5.74, 6) is 0.978. The maximum absolute atomic E-state index is 5.69. The van der Waals surface area contributed by atoms with E-state index in [-0.39, 0.29) is 0 Å². The number of nitrogens with zero attached hydrogens (tertiary/aromatic N) is 2. The topological polar surface area (TPSA) is 42.1 Å². The molecule has 0 saturated carbocycles. The van der Waals surface area contributed by atoms with Gasteiger partial charge in [0.25, 0.3) is 0 Å². The minimum absolute atomic E-state index is 0.564. The van der Waals surface area contributed by atoms with Crippen LogP contribution in [0, 0.1) is 0 Å². The largest absolute Gasteiger partial charge is 0.356 e. The lowest BCUT2D eigenvalue weighted by Gasteiger charge is -2.18. The highest BCUT2D eigenvalue weighted by Gasteiger charge is 2.05. The number of hydrogen-bond donors (Lipinski definition) is 1. The molecule has 0 aromatic carbocycles. The second-order valence-corrected chi connectivity index (χ2v) is 3.95. The van der Waals surface area contributed by atoms with E-state index in [9.17, 15) is 0 Å². The minimum atomic E-state index is 0.564. The van der Waals surface area contributed by atoms with E-state index < -0.39 is 0 Å². The summed E-state index contributed by atoms with van der Waals surface area (Å²) >= 11 is 0. The lowest BCUT2D eigenvalue weighted by atomic mass is 10.1. The van der Waals surface area contributed by atoms with Crippen molar-refractivity contribution in [3.8, 4) is 0 Å². The molecule has 1 heterocycles. The second-order valence-electron chi connectivity index (χ2n) is 3.95. The van der Waals surface area contributed by atoms with Gasteiger partial charge in [0.2, 0.25) is 0 Å². The van der Waals surface area contributed by atoms with Crippen LogP contribution in [0.3, 0.4) is 0 Å². The molecule has 0 unspecified atom stereocenters. The van der Waals surface area contributed by atoms with Gasteiger partial charge in [0.15, 0.2) is 0 Å². The molecule has 0 saturated heterocycles. The van der Waals surface area contributed by atoms with Gasteiger partial charge in [0.05, 0.1) is 0 Å². The summed E-state index contributed by atoms with van der Waals surface area (Å²) in [4.78, 5) is 6.69. The van der Waals surface area contributed by atoms with E-state index in [0.717, 1.165) is 36.5 Å². The van der Waals surface area contributed by atoms with E-state index in [0.29, 0.717) is 6.54 Å². The fraction of sp³-hybridized carbons (Fsp3) is 0.462. The van der Waals surface area contributed by atoms with Gasteiger partial charge in [-0.25, -0.2) is 4.98 Å². The third-order valence-electron chi connectivity index (χ3n) is 2.46. The molecule has 0 aliphatic heterocycles. The van der Waals surface area contributed by atoms with Crippen molar-refractivity contribution in [1.82, 2.24) is 4.98 Å². The zero-order chi connectivity index (χ0) is 12.0. The molecular weight excluding hydrogens is 198 g/mol. The van der Waals surface area contributed by atoms with Crippen molar-refractivity contribution in [2.75, 3.05) is 18.5 Å². The molecule has 1 aromatic rings. The summed E-state index contributed by atoms with van der Waals surface area (Å²) in [6, 6.07) is 4.14. The van der Waals surface area contributed by atoms with Crippen molar-refractivity contribution in [1.29, 1.82) is 0 Å². The molecule has 0 fully saturated rings. The third-order valence-corrected chi connectivity index (χ3v) is 2.46. The average Bonchev–Trinajstić information content (AvgIpc) is 2.29. The first-order valence-electron chi connectivity index (χ1n) is 5.73. The monoisotopic (exact) mass is 219 g/mol. The summed E-state index contributed by atoms with van der Waals surface area (Å²) < 4.78 is 0. The van der Waals surface area contributed by atoms with E-state index in [1.807, 2.05) is 19.2 Å². The molecule has 1 rings (SSSR count). The zero-order valence-electron chi connectivity index (χ0n) is 10.2. The van der Waals surface area contributed by atoms with Gasteiger partial charge < -0.3 is 10.6 Å². The Balaban J connectivity index is 2.98. The minimum Gasteiger partial charge on any atom is -0.356 e. The quantitative estimate of drug-likeness (QED) is 0.745. The maximum Gasteiger partial charge on any atom is 0.129 e. The molecule has 0 bridgehead atoms. The third kappa shape index (κ3) is 3.35. The average molecular weight is 219 g/mol. The van der Waals surface area contributed by atoms with Crippen LogP contribution in [0.25, 0.3) is 0 Å². The normalized spacial score (nSPS) is 10.2. The maximum atomic E-state index is 5.69. The van der Waals surface area contributed by atoms with Crippen molar-refractivity contribution in [3.63, 3.8) is 0 Å². The zero-order valence-corrected chi connectivity index (χ0v) is 10.2. The van der Waals surface area contributed by atoms with E-state index in [1.54, 1.807) is 0 Å². The fourth-order valence-corrected chi connectivity index (χ4v) is 1.62. The van der Waals surface area contributed by atoms with Crippen LogP contribution in [-0.2, 0) is 13.0 Å².